The summed E-state index contributed by atoms with van der Waals surface area (Å²) in [6, 6.07) is 0. The van der Waals surface area contributed by atoms with Crippen molar-refractivity contribution in [2.45, 2.75) is 73.0 Å². The molecule has 2 heterocycles. The summed E-state index contributed by atoms with van der Waals surface area (Å²) in [6.45, 7) is 13.0. The number of ether oxygens (including phenoxy) is 2. The molecule has 0 saturated carbocycles. The SMILES string of the molecule is CC(C)(C)CC(C(=O)OCC1CC2OC1CC2COS(N)(=O)=O)C(C)(C)C. The van der Waals surface area contributed by atoms with Gasteiger partial charge in [0, 0.05) is 11.8 Å². The van der Waals surface area contributed by atoms with Crippen molar-refractivity contribution in [2.75, 3.05) is 13.2 Å². The van der Waals surface area contributed by atoms with Gasteiger partial charge in [0.2, 0.25) is 0 Å². The van der Waals surface area contributed by atoms with Gasteiger partial charge in [-0.15, -0.1) is 0 Å². The summed E-state index contributed by atoms with van der Waals surface area (Å²) >= 11 is 0. The van der Waals surface area contributed by atoms with Gasteiger partial charge in [0.05, 0.1) is 31.3 Å². The molecule has 2 fully saturated rings. The van der Waals surface area contributed by atoms with E-state index in [1.807, 2.05) is 0 Å². The standard InChI is InChI=1S/C19H35NO6S/c1-18(2,3)9-14(19(4,5)6)17(21)24-10-12-7-16-13(8-15(12)26-16)11-25-27(20,22)23/h12-16H,7-11H2,1-6H3,(H2,20,22,23). The Labute approximate surface area is 163 Å². The second-order valence-electron chi connectivity index (χ2n) is 10.3. The van der Waals surface area contributed by atoms with E-state index in [-0.39, 0.29) is 53.4 Å². The first-order valence-electron chi connectivity index (χ1n) is 9.65. The van der Waals surface area contributed by atoms with Crippen LogP contribution in [0.3, 0.4) is 0 Å². The van der Waals surface area contributed by atoms with Crippen molar-refractivity contribution in [1.82, 2.24) is 0 Å². The van der Waals surface area contributed by atoms with Gasteiger partial charge in [-0.25, -0.2) is 5.14 Å². The van der Waals surface area contributed by atoms with Crippen LogP contribution in [0.5, 0.6) is 0 Å². The molecule has 0 aliphatic carbocycles. The summed E-state index contributed by atoms with van der Waals surface area (Å²) < 4.78 is 38.2. The van der Waals surface area contributed by atoms with Crippen molar-refractivity contribution in [2.24, 2.45) is 33.7 Å². The Kier molecular flexibility index (Phi) is 6.67. The fraction of sp³-hybridized carbons (Fsp3) is 0.947. The average Bonchev–Trinajstić information content (AvgIpc) is 3.05. The highest BCUT2D eigenvalue weighted by atomic mass is 32.2. The maximum Gasteiger partial charge on any atom is 0.333 e. The topological polar surface area (TPSA) is 105 Å². The molecular formula is C19H35NO6S. The summed E-state index contributed by atoms with van der Waals surface area (Å²) in [6.07, 6.45) is 2.14. The predicted molar refractivity (Wildman–Crippen MR) is 102 cm³/mol. The van der Waals surface area contributed by atoms with Crippen molar-refractivity contribution in [3.8, 4) is 0 Å². The Hall–Kier alpha value is -0.700. The highest BCUT2D eigenvalue weighted by Gasteiger charge is 2.48. The first kappa shape index (κ1) is 22.6. The van der Waals surface area contributed by atoms with E-state index in [0.717, 1.165) is 12.8 Å². The zero-order chi connectivity index (χ0) is 20.6. The number of fused-ring (bicyclic) bond motifs is 2. The molecule has 158 valence electrons. The molecule has 0 aromatic heterocycles. The molecule has 2 N–H and O–H groups in total. The minimum Gasteiger partial charge on any atom is -0.465 e. The molecule has 5 atom stereocenters. The molecule has 0 spiro atoms. The molecule has 2 bridgehead atoms. The Bertz CT molecular complexity index is 634. The van der Waals surface area contributed by atoms with Crippen LogP contribution in [0.15, 0.2) is 0 Å². The summed E-state index contributed by atoms with van der Waals surface area (Å²) in [5, 5.41) is 4.88. The van der Waals surface area contributed by atoms with Crippen LogP contribution in [0.4, 0.5) is 0 Å². The van der Waals surface area contributed by atoms with Crippen molar-refractivity contribution >= 4 is 16.3 Å². The largest absolute Gasteiger partial charge is 0.465 e. The molecule has 5 unspecified atom stereocenters. The molecular weight excluding hydrogens is 370 g/mol. The third-order valence-corrected chi connectivity index (χ3v) is 5.97. The molecule has 0 aromatic rings. The van der Waals surface area contributed by atoms with Crippen LogP contribution in [-0.2, 0) is 28.8 Å². The fourth-order valence-electron chi connectivity index (χ4n) is 4.02. The lowest BCUT2D eigenvalue weighted by Gasteiger charge is -2.34. The number of esters is 1. The van der Waals surface area contributed by atoms with Gasteiger partial charge in [0.15, 0.2) is 0 Å². The quantitative estimate of drug-likeness (QED) is 0.653. The molecule has 0 aromatic carbocycles. The van der Waals surface area contributed by atoms with Gasteiger partial charge in [-0.3, -0.25) is 8.98 Å². The van der Waals surface area contributed by atoms with E-state index in [4.69, 9.17) is 18.8 Å². The minimum atomic E-state index is -3.93. The van der Waals surface area contributed by atoms with Gasteiger partial charge in [-0.2, -0.15) is 8.42 Å². The van der Waals surface area contributed by atoms with Crippen molar-refractivity contribution < 1.29 is 26.9 Å². The third-order valence-electron chi connectivity index (χ3n) is 5.50. The number of rotatable bonds is 7. The van der Waals surface area contributed by atoms with Gasteiger partial charge in [-0.1, -0.05) is 41.5 Å². The maximum atomic E-state index is 12.7. The van der Waals surface area contributed by atoms with Crippen LogP contribution in [0.25, 0.3) is 0 Å². The predicted octanol–water partition coefficient (Wildman–Crippen LogP) is 2.64. The van der Waals surface area contributed by atoms with Gasteiger partial charge in [0.25, 0.3) is 0 Å². The molecule has 2 aliphatic heterocycles. The number of nitrogens with two attached hydrogens (primary N) is 1. The van der Waals surface area contributed by atoms with E-state index in [0.29, 0.717) is 13.0 Å². The van der Waals surface area contributed by atoms with Crippen LogP contribution in [0.2, 0.25) is 0 Å². The average molecular weight is 406 g/mol. The van der Waals surface area contributed by atoms with Crippen LogP contribution >= 0.6 is 0 Å². The van der Waals surface area contributed by atoms with Crippen LogP contribution in [-0.4, -0.2) is 39.8 Å². The van der Waals surface area contributed by atoms with Gasteiger partial charge in [0.1, 0.15) is 0 Å². The Balaban J connectivity index is 1.85. The minimum absolute atomic E-state index is 0.0171. The van der Waals surface area contributed by atoms with Crippen molar-refractivity contribution in [3.05, 3.63) is 0 Å². The molecule has 0 radical (unpaired) electrons. The van der Waals surface area contributed by atoms with Crippen molar-refractivity contribution in [1.29, 1.82) is 0 Å². The van der Waals surface area contributed by atoms with E-state index in [9.17, 15) is 13.2 Å². The summed E-state index contributed by atoms with van der Waals surface area (Å²) in [5.74, 6) is -0.134. The lowest BCUT2D eigenvalue weighted by molar-refractivity contribution is -0.155. The first-order chi connectivity index (χ1) is 12.2. The lowest BCUT2D eigenvalue weighted by atomic mass is 9.72. The van der Waals surface area contributed by atoms with E-state index < -0.39 is 10.3 Å². The molecule has 0 amide bonds. The maximum absolute atomic E-state index is 12.7. The van der Waals surface area contributed by atoms with Crippen LogP contribution in [0.1, 0.15) is 60.8 Å². The van der Waals surface area contributed by atoms with Gasteiger partial charge >= 0.3 is 16.3 Å². The zero-order valence-corrected chi connectivity index (χ0v) is 18.2. The Morgan fingerprint density at radius 2 is 1.59 bits per heavy atom. The molecule has 2 aliphatic rings. The smallest absolute Gasteiger partial charge is 0.333 e. The number of carbonyl (C=O) groups is 1. The van der Waals surface area contributed by atoms with E-state index in [1.54, 1.807) is 0 Å². The Morgan fingerprint density at radius 1 is 1.07 bits per heavy atom. The molecule has 7 nitrogen and oxygen atoms in total. The fourth-order valence-corrected chi connectivity index (χ4v) is 4.39. The third kappa shape index (κ3) is 6.69. The lowest BCUT2D eigenvalue weighted by Crippen LogP contribution is -2.36. The first-order valence-corrected chi connectivity index (χ1v) is 11.1. The second-order valence-corrected chi connectivity index (χ2v) is 11.5. The summed E-state index contributed by atoms with van der Waals surface area (Å²) in [7, 11) is -3.93. The van der Waals surface area contributed by atoms with Gasteiger partial charge in [-0.05, 0) is 30.1 Å². The Morgan fingerprint density at radius 3 is 2.00 bits per heavy atom. The number of hydrogen-bond acceptors (Lipinski definition) is 6. The van der Waals surface area contributed by atoms with Crippen molar-refractivity contribution in [3.63, 3.8) is 0 Å². The van der Waals surface area contributed by atoms with Crippen LogP contribution in [0, 0.1) is 28.6 Å². The molecule has 27 heavy (non-hydrogen) atoms. The number of hydrogen-bond donors (Lipinski definition) is 1. The highest BCUT2D eigenvalue weighted by Crippen LogP contribution is 2.43. The molecule has 2 saturated heterocycles. The zero-order valence-electron chi connectivity index (χ0n) is 17.4. The van der Waals surface area contributed by atoms with Gasteiger partial charge < -0.3 is 9.47 Å². The normalized spacial score (nSPS) is 29.7. The molecule has 2 rings (SSSR count). The molecule has 8 heteroatoms. The van der Waals surface area contributed by atoms with E-state index >= 15 is 0 Å². The van der Waals surface area contributed by atoms with E-state index in [2.05, 4.69) is 41.5 Å². The van der Waals surface area contributed by atoms with Crippen LogP contribution < -0.4 is 5.14 Å². The van der Waals surface area contributed by atoms with E-state index in [1.165, 1.54) is 0 Å². The second kappa shape index (κ2) is 7.97. The summed E-state index contributed by atoms with van der Waals surface area (Å²) in [5.41, 5.74) is -0.116. The summed E-state index contributed by atoms with van der Waals surface area (Å²) in [4.78, 5) is 12.7. The monoisotopic (exact) mass is 405 g/mol. The highest BCUT2D eigenvalue weighted by molar-refractivity contribution is 7.84. The number of carbonyl (C=O) groups excluding carboxylic acids is 1.